The van der Waals surface area contributed by atoms with Crippen LogP contribution in [0.5, 0.6) is 0 Å². The predicted molar refractivity (Wildman–Crippen MR) is 118 cm³/mol. The van der Waals surface area contributed by atoms with Gasteiger partial charge in [-0.25, -0.2) is 0 Å². The van der Waals surface area contributed by atoms with Crippen molar-refractivity contribution in [3.8, 4) is 6.07 Å². The second-order valence-electron chi connectivity index (χ2n) is 8.14. The van der Waals surface area contributed by atoms with Crippen LogP contribution in [0.3, 0.4) is 0 Å². The molecule has 9 heteroatoms. The van der Waals surface area contributed by atoms with E-state index in [1.54, 1.807) is 0 Å². The summed E-state index contributed by atoms with van der Waals surface area (Å²) < 4.78 is 1.17. The molecule has 3 fully saturated rings. The monoisotopic (exact) mass is 420 g/mol. The van der Waals surface area contributed by atoms with E-state index in [0.717, 1.165) is 18.9 Å². The number of rotatable bonds is 7. The maximum atomic E-state index is 10.9. The van der Waals surface area contributed by atoms with Gasteiger partial charge in [0.2, 0.25) is 0 Å². The van der Waals surface area contributed by atoms with Gasteiger partial charge in [0.05, 0.1) is 35.8 Å². The van der Waals surface area contributed by atoms with Gasteiger partial charge < -0.3 is 9.38 Å². The predicted octanol–water partition coefficient (Wildman–Crippen LogP) is 3.81. The van der Waals surface area contributed by atoms with E-state index in [1.807, 2.05) is 18.2 Å². The zero-order chi connectivity index (χ0) is 21.8. The van der Waals surface area contributed by atoms with E-state index in [4.69, 9.17) is 0 Å². The minimum absolute atomic E-state index is 0.127. The molecular formula is C22H26N7O2+. The van der Waals surface area contributed by atoms with E-state index in [-0.39, 0.29) is 11.3 Å². The molecule has 0 aliphatic carbocycles. The molecule has 0 atom stereocenters. The second-order valence-corrected chi connectivity index (χ2v) is 8.14. The van der Waals surface area contributed by atoms with Crippen LogP contribution in [0.4, 0.5) is 22.7 Å². The lowest BCUT2D eigenvalue weighted by molar-refractivity contribution is -0.940. The van der Waals surface area contributed by atoms with Gasteiger partial charge in [-0.2, -0.15) is 10.4 Å². The number of nitrogens with zero attached hydrogens (tertiary/aromatic N) is 7. The molecule has 2 aromatic rings. The van der Waals surface area contributed by atoms with Gasteiger partial charge in [-0.1, -0.05) is 0 Å². The number of nitro benzene ring substituents is 1. The quantitative estimate of drug-likeness (QED) is 0.294. The Morgan fingerprint density at radius 3 is 2.39 bits per heavy atom. The summed E-state index contributed by atoms with van der Waals surface area (Å²) >= 11 is 0. The highest BCUT2D eigenvalue weighted by Crippen LogP contribution is 2.28. The molecule has 2 aromatic carbocycles. The van der Waals surface area contributed by atoms with E-state index >= 15 is 0 Å². The fourth-order valence-electron chi connectivity index (χ4n) is 4.33. The normalized spacial score (nSPS) is 22.4. The van der Waals surface area contributed by atoms with E-state index < -0.39 is 4.92 Å². The number of benzene rings is 2. The highest BCUT2D eigenvalue weighted by Gasteiger charge is 2.39. The Labute approximate surface area is 181 Å². The van der Waals surface area contributed by atoms with Gasteiger partial charge in [0.1, 0.15) is 11.8 Å². The first-order chi connectivity index (χ1) is 15.0. The summed E-state index contributed by atoms with van der Waals surface area (Å²) in [6.45, 7) is 11.4. The minimum Gasteiger partial charge on any atom is -0.325 e. The Morgan fingerprint density at radius 1 is 1.13 bits per heavy atom. The summed E-state index contributed by atoms with van der Waals surface area (Å²) in [6, 6.07) is 13.8. The van der Waals surface area contributed by atoms with Crippen molar-refractivity contribution in [2.45, 2.75) is 6.92 Å². The number of fused-ring (bicyclic) bond motifs is 3. The van der Waals surface area contributed by atoms with Gasteiger partial charge in [-0.05, 0) is 37.3 Å². The molecule has 9 nitrogen and oxygen atoms in total. The molecule has 0 saturated carbocycles. The van der Waals surface area contributed by atoms with Crippen LogP contribution >= 0.6 is 0 Å². The Balaban J connectivity index is 1.46. The zero-order valence-corrected chi connectivity index (χ0v) is 17.6. The summed E-state index contributed by atoms with van der Waals surface area (Å²) in [6.07, 6.45) is 0. The van der Waals surface area contributed by atoms with Crippen LogP contribution in [0.25, 0.3) is 0 Å². The van der Waals surface area contributed by atoms with Gasteiger partial charge in [-0.3, -0.25) is 15.0 Å². The summed E-state index contributed by atoms with van der Waals surface area (Å²) in [5.41, 5.74) is 2.13. The van der Waals surface area contributed by atoms with Crippen molar-refractivity contribution in [2.24, 2.45) is 10.2 Å². The van der Waals surface area contributed by atoms with Crippen molar-refractivity contribution >= 4 is 22.7 Å². The maximum Gasteiger partial charge on any atom is 0.270 e. The fraction of sp³-hybridized carbons (Fsp3) is 0.409. The van der Waals surface area contributed by atoms with Crippen molar-refractivity contribution in [3.63, 3.8) is 0 Å². The van der Waals surface area contributed by atoms with E-state index in [1.165, 1.54) is 62.0 Å². The zero-order valence-electron chi connectivity index (χ0n) is 17.6. The summed E-state index contributed by atoms with van der Waals surface area (Å²) in [7, 11) is 0. The summed E-state index contributed by atoms with van der Waals surface area (Å²) in [5, 5.41) is 28.5. The first kappa shape index (κ1) is 20.9. The maximum absolute atomic E-state index is 10.9. The second kappa shape index (κ2) is 8.79. The number of quaternary nitrogens is 1. The van der Waals surface area contributed by atoms with E-state index in [0.29, 0.717) is 11.4 Å². The molecule has 0 unspecified atom stereocenters. The molecule has 0 radical (unpaired) electrons. The SMILES string of the molecule is CCN(C[N+]12CCN(CC1)CC2)c1ccc(N=Nc2ccc([N+](=O)[O-])cc2C#N)cc1. The standard InChI is InChI=1S/C22H26N7O2/c1-2-27(17-29-12-9-26(10-13-29)11-14-29)20-5-3-19(4-6-20)24-25-22-8-7-21(28(30)31)15-18(22)16-23/h3-8,15H,2,9-14,17H2,1H3/q+1. The average molecular weight is 420 g/mol. The van der Waals surface area contributed by atoms with Crippen LogP contribution in [0.1, 0.15) is 12.5 Å². The molecule has 3 aliphatic rings. The molecule has 31 heavy (non-hydrogen) atoms. The number of hydrogen-bond donors (Lipinski definition) is 0. The van der Waals surface area contributed by atoms with Gasteiger partial charge in [-0.15, -0.1) is 5.11 Å². The molecule has 0 N–H and O–H groups in total. The molecule has 160 valence electrons. The largest absolute Gasteiger partial charge is 0.325 e. The van der Waals surface area contributed by atoms with Crippen molar-refractivity contribution in [3.05, 3.63) is 58.1 Å². The smallest absolute Gasteiger partial charge is 0.270 e. The van der Waals surface area contributed by atoms with Crippen LogP contribution in [0.15, 0.2) is 52.7 Å². The summed E-state index contributed by atoms with van der Waals surface area (Å²) in [5.74, 6) is 0. The Bertz CT molecular complexity index is 1010. The van der Waals surface area contributed by atoms with Crippen LogP contribution in [-0.2, 0) is 0 Å². The molecule has 3 heterocycles. The van der Waals surface area contributed by atoms with Crippen molar-refractivity contribution in [1.82, 2.24) is 4.90 Å². The van der Waals surface area contributed by atoms with Gasteiger partial charge in [0, 0.05) is 44.0 Å². The topological polar surface area (TPSA) is 98.1 Å². The number of azo groups is 1. The minimum atomic E-state index is -0.533. The number of hydrogen-bond acceptors (Lipinski definition) is 7. The van der Waals surface area contributed by atoms with Crippen LogP contribution in [-0.4, -0.2) is 66.8 Å². The number of piperazine rings is 3. The number of nitro groups is 1. The third-order valence-corrected chi connectivity index (χ3v) is 6.32. The highest BCUT2D eigenvalue weighted by atomic mass is 16.6. The van der Waals surface area contributed by atoms with Crippen molar-refractivity contribution in [1.29, 1.82) is 5.26 Å². The molecule has 2 bridgehead atoms. The van der Waals surface area contributed by atoms with E-state index in [2.05, 4.69) is 39.1 Å². The van der Waals surface area contributed by atoms with E-state index in [9.17, 15) is 15.4 Å². The lowest BCUT2D eigenvalue weighted by atomic mass is 10.1. The molecule has 3 saturated heterocycles. The van der Waals surface area contributed by atoms with Crippen LogP contribution in [0, 0.1) is 21.4 Å². The Morgan fingerprint density at radius 2 is 1.81 bits per heavy atom. The van der Waals surface area contributed by atoms with Crippen molar-refractivity contribution in [2.75, 3.05) is 57.4 Å². The number of nitriles is 1. The fourth-order valence-corrected chi connectivity index (χ4v) is 4.33. The Kier molecular flexibility index (Phi) is 5.93. The first-order valence-electron chi connectivity index (χ1n) is 10.5. The first-order valence-corrected chi connectivity index (χ1v) is 10.5. The lowest BCUT2D eigenvalue weighted by Crippen LogP contribution is -2.69. The average Bonchev–Trinajstić information content (AvgIpc) is 2.82. The molecule has 0 aromatic heterocycles. The highest BCUT2D eigenvalue weighted by molar-refractivity contribution is 5.58. The van der Waals surface area contributed by atoms with Gasteiger partial charge in [0.15, 0.2) is 6.67 Å². The molecular weight excluding hydrogens is 394 g/mol. The Hall–Kier alpha value is -3.35. The van der Waals surface area contributed by atoms with Gasteiger partial charge >= 0.3 is 0 Å². The summed E-state index contributed by atoms with van der Waals surface area (Å²) in [4.78, 5) is 15.3. The molecule has 0 amide bonds. The van der Waals surface area contributed by atoms with Gasteiger partial charge in [0.25, 0.3) is 5.69 Å². The third-order valence-electron chi connectivity index (χ3n) is 6.32. The number of anilines is 1. The third kappa shape index (κ3) is 4.55. The molecule has 0 spiro atoms. The number of non-ortho nitro benzene ring substituents is 1. The molecule has 3 aliphatic heterocycles. The van der Waals surface area contributed by atoms with Crippen LogP contribution < -0.4 is 4.90 Å². The van der Waals surface area contributed by atoms with Crippen LogP contribution in [0.2, 0.25) is 0 Å². The lowest BCUT2D eigenvalue weighted by Gasteiger charge is -2.52. The van der Waals surface area contributed by atoms with Crippen molar-refractivity contribution < 1.29 is 9.41 Å². The molecule has 5 rings (SSSR count).